The second kappa shape index (κ2) is 8.83. The quantitative estimate of drug-likeness (QED) is 0.482. The molecule has 3 aromatic rings. The number of benzene rings is 2. The number of nitrogens with zero attached hydrogens (tertiary/aromatic N) is 1. The van der Waals surface area contributed by atoms with E-state index in [1.807, 2.05) is 6.07 Å². The fraction of sp³-hybridized carbons (Fsp3) is 0.227. The Labute approximate surface area is 174 Å². The van der Waals surface area contributed by atoms with Gasteiger partial charge in [0, 0.05) is 30.7 Å². The van der Waals surface area contributed by atoms with Crippen LogP contribution in [0.2, 0.25) is 0 Å². The molecule has 0 aliphatic carbocycles. The summed E-state index contributed by atoms with van der Waals surface area (Å²) in [5, 5.41) is 0.754. The van der Waals surface area contributed by atoms with Crippen LogP contribution >= 0.6 is 0 Å². The Hall–Kier alpha value is -2.94. The summed E-state index contributed by atoms with van der Waals surface area (Å²) in [6.07, 6.45) is 6.90. The number of carbonyl (C=O) groups excluding carboxylic acids is 1. The summed E-state index contributed by atoms with van der Waals surface area (Å²) < 4.78 is 32.4. The minimum absolute atomic E-state index is 0.227. The standard InChI is InChI=1S/C22H22N2O5S/c25-21(23-29-22-8-4-5-15-28-22)12-10-17-9-11-20-18(16-17)13-14-24(20)30(26,27)19-6-2-1-3-7-19/h1-3,6-7,9-14,16,22H,4-5,8,15H2,(H,23,25)/b12-10+. The van der Waals surface area contributed by atoms with Gasteiger partial charge in [-0.25, -0.2) is 22.7 Å². The molecule has 8 heteroatoms. The highest BCUT2D eigenvalue weighted by Gasteiger charge is 2.18. The van der Waals surface area contributed by atoms with E-state index in [4.69, 9.17) is 9.57 Å². The molecule has 1 saturated heterocycles. The van der Waals surface area contributed by atoms with Crippen molar-refractivity contribution in [2.75, 3.05) is 6.61 Å². The van der Waals surface area contributed by atoms with Crippen molar-refractivity contribution < 1.29 is 22.8 Å². The maximum absolute atomic E-state index is 12.9. The summed E-state index contributed by atoms with van der Waals surface area (Å²) in [6, 6.07) is 15.3. The molecule has 1 N–H and O–H groups in total. The SMILES string of the molecule is O=C(/C=C/c1ccc2c(ccn2S(=O)(=O)c2ccccc2)c1)NOC1CCCCO1. The lowest BCUT2D eigenvalue weighted by atomic mass is 10.1. The van der Waals surface area contributed by atoms with Crippen molar-refractivity contribution in [1.82, 2.24) is 9.45 Å². The van der Waals surface area contributed by atoms with Crippen molar-refractivity contribution in [2.24, 2.45) is 0 Å². The van der Waals surface area contributed by atoms with E-state index in [-0.39, 0.29) is 4.90 Å². The van der Waals surface area contributed by atoms with Gasteiger partial charge in [-0.1, -0.05) is 24.3 Å². The van der Waals surface area contributed by atoms with Gasteiger partial charge in [-0.3, -0.25) is 4.79 Å². The Bertz CT molecular complexity index is 1160. The van der Waals surface area contributed by atoms with Gasteiger partial charge in [-0.2, -0.15) is 0 Å². The third kappa shape index (κ3) is 4.46. The van der Waals surface area contributed by atoms with Crippen LogP contribution < -0.4 is 5.48 Å². The number of hydrogen-bond donors (Lipinski definition) is 1. The van der Waals surface area contributed by atoms with Gasteiger partial charge in [0.25, 0.3) is 15.9 Å². The number of nitrogens with one attached hydrogen (secondary N) is 1. The number of fused-ring (bicyclic) bond motifs is 1. The molecule has 2 heterocycles. The molecule has 1 atom stereocenters. The lowest BCUT2D eigenvalue weighted by Gasteiger charge is -2.21. The van der Waals surface area contributed by atoms with Gasteiger partial charge < -0.3 is 4.74 Å². The number of carbonyl (C=O) groups is 1. The predicted octanol–water partition coefficient (Wildman–Crippen LogP) is 3.47. The molecular formula is C22H22N2O5S. The number of aromatic nitrogens is 1. The van der Waals surface area contributed by atoms with Gasteiger partial charge in [0.2, 0.25) is 0 Å². The van der Waals surface area contributed by atoms with Crippen molar-refractivity contribution in [3.8, 4) is 0 Å². The molecule has 30 heavy (non-hydrogen) atoms. The lowest BCUT2D eigenvalue weighted by molar-refractivity contribution is -0.198. The van der Waals surface area contributed by atoms with Crippen LogP contribution in [0.3, 0.4) is 0 Å². The van der Waals surface area contributed by atoms with Crippen LogP contribution in [0, 0.1) is 0 Å². The van der Waals surface area contributed by atoms with Crippen LogP contribution in [0.25, 0.3) is 17.0 Å². The first kappa shape index (κ1) is 20.3. The number of hydrogen-bond acceptors (Lipinski definition) is 5. The zero-order valence-corrected chi connectivity index (χ0v) is 17.0. The zero-order chi connectivity index (χ0) is 21.0. The van der Waals surface area contributed by atoms with E-state index in [0.29, 0.717) is 12.1 Å². The zero-order valence-electron chi connectivity index (χ0n) is 16.2. The molecule has 1 aliphatic heterocycles. The molecule has 0 saturated carbocycles. The van der Waals surface area contributed by atoms with E-state index in [1.54, 1.807) is 54.6 Å². The van der Waals surface area contributed by atoms with E-state index in [1.165, 1.54) is 16.2 Å². The van der Waals surface area contributed by atoms with Gasteiger partial charge in [-0.05, 0) is 54.8 Å². The monoisotopic (exact) mass is 426 g/mol. The molecule has 1 unspecified atom stereocenters. The normalized spacial score (nSPS) is 17.4. The first-order valence-corrected chi connectivity index (χ1v) is 11.1. The van der Waals surface area contributed by atoms with Gasteiger partial charge in [0.1, 0.15) is 0 Å². The molecule has 1 aliphatic rings. The van der Waals surface area contributed by atoms with Gasteiger partial charge in [0.05, 0.1) is 10.4 Å². The number of amides is 1. The van der Waals surface area contributed by atoms with Crippen LogP contribution in [0.5, 0.6) is 0 Å². The number of ether oxygens (including phenoxy) is 1. The van der Waals surface area contributed by atoms with Crippen LogP contribution in [-0.4, -0.2) is 31.2 Å². The van der Waals surface area contributed by atoms with Crippen LogP contribution in [0.4, 0.5) is 0 Å². The molecule has 1 fully saturated rings. The Kier molecular flexibility index (Phi) is 5.98. The van der Waals surface area contributed by atoms with E-state index in [2.05, 4.69) is 5.48 Å². The topological polar surface area (TPSA) is 86.6 Å². The summed E-state index contributed by atoms with van der Waals surface area (Å²) in [6.45, 7) is 0.635. The second-order valence-electron chi connectivity index (χ2n) is 6.96. The highest BCUT2D eigenvalue weighted by Crippen LogP contribution is 2.23. The highest BCUT2D eigenvalue weighted by molar-refractivity contribution is 7.90. The summed E-state index contributed by atoms with van der Waals surface area (Å²) >= 11 is 0. The van der Waals surface area contributed by atoms with E-state index in [0.717, 1.165) is 30.2 Å². The molecule has 0 spiro atoms. The molecular weight excluding hydrogens is 404 g/mol. The maximum Gasteiger partial charge on any atom is 0.268 e. The summed E-state index contributed by atoms with van der Waals surface area (Å²) in [5.74, 6) is -0.395. The summed E-state index contributed by atoms with van der Waals surface area (Å²) in [7, 11) is -3.67. The third-order valence-electron chi connectivity index (χ3n) is 4.83. The summed E-state index contributed by atoms with van der Waals surface area (Å²) in [5.41, 5.74) is 3.70. The van der Waals surface area contributed by atoms with Crippen molar-refractivity contribution in [3.63, 3.8) is 0 Å². The Morgan fingerprint density at radius 2 is 1.97 bits per heavy atom. The average Bonchev–Trinajstić information content (AvgIpc) is 3.22. The van der Waals surface area contributed by atoms with Crippen LogP contribution in [-0.2, 0) is 24.4 Å². The van der Waals surface area contributed by atoms with Crippen molar-refractivity contribution in [1.29, 1.82) is 0 Å². The minimum atomic E-state index is -3.67. The fourth-order valence-electron chi connectivity index (χ4n) is 3.29. The molecule has 4 rings (SSSR count). The van der Waals surface area contributed by atoms with Gasteiger partial charge in [-0.15, -0.1) is 0 Å². The van der Waals surface area contributed by atoms with E-state index in [9.17, 15) is 13.2 Å². The number of hydroxylamine groups is 1. The Balaban J connectivity index is 1.47. The molecule has 1 amide bonds. The average molecular weight is 426 g/mol. The molecule has 2 aromatic carbocycles. The largest absolute Gasteiger partial charge is 0.350 e. The van der Waals surface area contributed by atoms with Crippen molar-refractivity contribution >= 4 is 32.9 Å². The highest BCUT2D eigenvalue weighted by atomic mass is 32.2. The predicted molar refractivity (Wildman–Crippen MR) is 113 cm³/mol. The Morgan fingerprint density at radius 3 is 2.73 bits per heavy atom. The molecule has 0 radical (unpaired) electrons. The van der Waals surface area contributed by atoms with Crippen LogP contribution in [0.15, 0.2) is 71.8 Å². The van der Waals surface area contributed by atoms with E-state index >= 15 is 0 Å². The number of rotatable bonds is 6. The molecule has 1 aromatic heterocycles. The molecule has 7 nitrogen and oxygen atoms in total. The third-order valence-corrected chi connectivity index (χ3v) is 6.54. The Morgan fingerprint density at radius 1 is 1.13 bits per heavy atom. The van der Waals surface area contributed by atoms with Crippen molar-refractivity contribution in [2.45, 2.75) is 30.4 Å². The van der Waals surface area contributed by atoms with Crippen molar-refractivity contribution in [3.05, 3.63) is 72.4 Å². The second-order valence-corrected chi connectivity index (χ2v) is 8.78. The molecule has 156 valence electrons. The minimum Gasteiger partial charge on any atom is -0.350 e. The summed E-state index contributed by atoms with van der Waals surface area (Å²) in [4.78, 5) is 17.4. The van der Waals surface area contributed by atoms with E-state index < -0.39 is 22.2 Å². The van der Waals surface area contributed by atoms with Gasteiger partial charge in [0.15, 0.2) is 6.29 Å². The maximum atomic E-state index is 12.9. The molecule has 0 bridgehead atoms. The smallest absolute Gasteiger partial charge is 0.268 e. The van der Waals surface area contributed by atoms with Crippen LogP contribution in [0.1, 0.15) is 24.8 Å². The fourth-order valence-corrected chi connectivity index (χ4v) is 4.66. The first-order valence-electron chi connectivity index (χ1n) is 9.71. The lowest BCUT2D eigenvalue weighted by Crippen LogP contribution is -2.32. The van der Waals surface area contributed by atoms with Gasteiger partial charge >= 0.3 is 0 Å². The first-order chi connectivity index (χ1) is 14.5.